The monoisotopic (exact) mass is 350 g/mol. The maximum absolute atomic E-state index is 13.3. The van der Waals surface area contributed by atoms with E-state index in [9.17, 15) is 9.18 Å². The second kappa shape index (κ2) is 8.25. The fourth-order valence-electron chi connectivity index (χ4n) is 2.53. The average molecular weight is 350 g/mol. The highest BCUT2D eigenvalue weighted by atomic mass is 19.1. The first-order valence-corrected chi connectivity index (χ1v) is 8.30. The van der Waals surface area contributed by atoms with Crippen LogP contribution in [0.4, 0.5) is 4.39 Å². The van der Waals surface area contributed by atoms with Gasteiger partial charge in [0.1, 0.15) is 11.6 Å². The van der Waals surface area contributed by atoms with Crippen LogP contribution < -0.4 is 10.1 Å². The molecule has 3 rings (SSSR count). The SMILES string of the molecule is Cc1ccccc1CC(=O)NCc1cccnc1Oc1cccc(F)c1. The van der Waals surface area contributed by atoms with Gasteiger partial charge in [0.05, 0.1) is 6.42 Å². The first kappa shape index (κ1) is 17.6. The predicted octanol–water partition coefficient (Wildman–Crippen LogP) is 4.18. The van der Waals surface area contributed by atoms with Gasteiger partial charge >= 0.3 is 0 Å². The molecule has 1 heterocycles. The van der Waals surface area contributed by atoms with Gasteiger partial charge in [-0.2, -0.15) is 0 Å². The highest BCUT2D eigenvalue weighted by Gasteiger charge is 2.10. The van der Waals surface area contributed by atoms with Gasteiger partial charge in [0.2, 0.25) is 11.8 Å². The van der Waals surface area contributed by atoms with Crippen molar-refractivity contribution in [3.8, 4) is 11.6 Å². The summed E-state index contributed by atoms with van der Waals surface area (Å²) in [4.78, 5) is 16.4. The molecule has 0 radical (unpaired) electrons. The van der Waals surface area contributed by atoms with E-state index in [0.717, 1.165) is 16.7 Å². The number of hydrogen-bond acceptors (Lipinski definition) is 3. The molecule has 1 aromatic heterocycles. The van der Waals surface area contributed by atoms with Gasteiger partial charge in [-0.05, 0) is 36.2 Å². The summed E-state index contributed by atoms with van der Waals surface area (Å²) >= 11 is 0. The number of pyridine rings is 1. The number of aromatic nitrogens is 1. The molecule has 2 aromatic carbocycles. The van der Waals surface area contributed by atoms with Gasteiger partial charge < -0.3 is 10.1 Å². The molecular weight excluding hydrogens is 331 g/mol. The van der Waals surface area contributed by atoms with Crippen LogP contribution in [0.2, 0.25) is 0 Å². The molecule has 132 valence electrons. The fraction of sp³-hybridized carbons (Fsp3) is 0.143. The Morgan fingerprint density at radius 2 is 1.88 bits per heavy atom. The van der Waals surface area contributed by atoms with Crippen molar-refractivity contribution in [2.45, 2.75) is 19.9 Å². The molecule has 0 bridgehead atoms. The quantitative estimate of drug-likeness (QED) is 0.725. The van der Waals surface area contributed by atoms with Crippen molar-refractivity contribution >= 4 is 5.91 Å². The van der Waals surface area contributed by atoms with Crippen molar-refractivity contribution < 1.29 is 13.9 Å². The molecule has 0 unspecified atom stereocenters. The molecule has 0 aliphatic carbocycles. The number of hydrogen-bond donors (Lipinski definition) is 1. The third-order valence-corrected chi connectivity index (χ3v) is 3.95. The minimum atomic E-state index is -0.383. The van der Waals surface area contributed by atoms with Crippen molar-refractivity contribution in [1.82, 2.24) is 10.3 Å². The molecule has 0 aliphatic heterocycles. The molecule has 26 heavy (non-hydrogen) atoms. The molecule has 1 N–H and O–H groups in total. The zero-order chi connectivity index (χ0) is 18.4. The highest BCUT2D eigenvalue weighted by molar-refractivity contribution is 5.78. The minimum Gasteiger partial charge on any atom is -0.439 e. The van der Waals surface area contributed by atoms with E-state index < -0.39 is 0 Å². The first-order chi connectivity index (χ1) is 12.6. The van der Waals surface area contributed by atoms with Crippen molar-refractivity contribution in [1.29, 1.82) is 0 Å². The van der Waals surface area contributed by atoms with Gasteiger partial charge in [0, 0.05) is 24.4 Å². The summed E-state index contributed by atoms with van der Waals surface area (Å²) < 4.78 is 19.0. The number of carbonyl (C=O) groups is 1. The van der Waals surface area contributed by atoms with E-state index >= 15 is 0 Å². The van der Waals surface area contributed by atoms with Gasteiger partial charge in [0.15, 0.2) is 0 Å². The Balaban J connectivity index is 1.65. The third-order valence-electron chi connectivity index (χ3n) is 3.95. The van der Waals surface area contributed by atoms with Crippen LogP contribution in [0.25, 0.3) is 0 Å². The van der Waals surface area contributed by atoms with E-state index in [4.69, 9.17) is 4.74 Å². The van der Waals surface area contributed by atoms with Crippen molar-refractivity contribution in [2.75, 3.05) is 0 Å². The minimum absolute atomic E-state index is 0.0835. The molecule has 0 fully saturated rings. The number of nitrogens with zero attached hydrogens (tertiary/aromatic N) is 1. The Hall–Kier alpha value is -3.21. The summed E-state index contributed by atoms with van der Waals surface area (Å²) in [6, 6.07) is 17.2. The van der Waals surface area contributed by atoms with Crippen LogP contribution in [-0.4, -0.2) is 10.9 Å². The molecule has 5 heteroatoms. The van der Waals surface area contributed by atoms with Gasteiger partial charge in [-0.25, -0.2) is 9.37 Å². The standard InChI is InChI=1S/C21H19FN2O2/c1-15-6-2-3-7-16(15)12-20(25)24-14-17-8-5-11-23-21(17)26-19-10-4-9-18(22)13-19/h2-11,13H,12,14H2,1H3,(H,24,25). The Morgan fingerprint density at radius 1 is 1.08 bits per heavy atom. The van der Waals surface area contributed by atoms with Crippen molar-refractivity contribution in [2.24, 2.45) is 0 Å². The van der Waals surface area contributed by atoms with Crippen LogP contribution in [0.15, 0.2) is 66.9 Å². The number of rotatable bonds is 6. The molecular formula is C21H19FN2O2. The van der Waals surface area contributed by atoms with Crippen molar-refractivity contribution in [3.05, 3.63) is 89.4 Å². The second-order valence-electron chi connectivity index (χ2n) is 5.91. The van der Waals surface area contributed by atoms with Gasteiger partial charge in [-0.15, -0.1) is 0 Å². The number of carbonyl (C=O) groups excluding carboxylic acids is 1. The van der Waals surface area contributed by atoms with Gasteiger partial charge in [-0.3, -0.25) is 4.79 Å². The van der Waals surface area contributed by atoms with E-state index in [1.165, 1.54) is 12.1 Å². The third kappa shape index (κ3) is 4.66. The van der Waals surface area contributed by atoms with E-state index in [1.807, 2.05) is 37.3 Å². The lowest BCUT2D eigenvalue weighted by atomic mass is 10.1. The van der Waals surface area contributed by atoms with Crippen LogP contribution in [0.3, 0.4) is 0 Å². The first-order valence-electron chi connectivity index (χ1n) is 8.30. The van der Waals surface area contributed by atoms with E-state index in [0.29, 0.717) is 18.1 Å². The lowest BCUT2D eigenvalue weighted by Crippen LogP contribution is -2.25. The van der Waals surface area contributed by atoms with E-state index in [2.05, 4.69) is 10.3 Å². The van der Waals surface area contributed by atoms with Crippen LogP contribution in [0.5, 0.6) is 11.6 Å². The second-order valence-corrected chi connectivity index (χ2v) is 5.91. The predicted molar refractivity (Wildman–Crippen MR) is 97.4 cm³/mol. The summed E-state index contributed by atoms with van der Waals surface area (Å²) in [6.07, 6.45) is 1.90. The average Bonchev–Trinajstić information content (AvgIpc) is 2.63. The maximum atomic E-state index is 13.3. The molecule has 1 amide bonds. The fourth-order valence-corrected chi connectivity index (χ4v) is 2.53. The summed E-state index contributed by atoms with van der Waals surface area (Å²) in [6.45, 7) is 2.26. The summed E-state index contributed by atoms with van der Waals surface area (Å²) in [5.74, 6) is 0.233. The molecule has 0 saturated heterocycles. The van der Waals surface area contributed by atoms with Crippen LogP contribution in [0, 0.1) is 12.7 Å². The number of benzene rings is 2. The Morgan fingerprint density at radius 3 is 2.69 bits per heavy atom. The number of nitrogens with one attached hydrogen (secondary N) is 1. The van der Waals surface area contributed by atoms with Crippen LogP contribution in [0.1, 0.15) is 16.7 Å². The van der Waals surface area contributed by atoms with Gasteiger partial charge in [-0.1, -0.05) is 36.4 Å². The lowest BCUT2D eigenvalue weighted by molar-refractivity contribution is -0.120. The maximum Gasteiger partial charge on any atom is 0.224 e. The van der Waals surface area contributed by atoms with E-state index in [-0.39, 0.29) is 18.3 Å². The normalized spacial score (nSPS) is 10.4. The number of ether oxygens (including phenoxy) is 1. The van der Waals surface area contributed by atoms with Gasteiger partial charge in [0.25, 0.3) is 0 Å². The summed E-state index contributed by atoms with van der Waals surface area (Å²) in [7, 11) is 0. The zero-order valence-electron chi connectivity index (χ0n) is 14.4. The molecule has 0 atom stereocenters. The molecule has 0 spiro atoms. The Kier molecular flexibility index (Phi) is 5.59. The smallest absolute Gasteiger partial charge is 0.224 e. The Bertz CT molecular complexity index is 912. The number of aryl methyl sites for hydroxylation is 1. The molecule has 0 saturated carbocycles. The van der Waals surface area contributed by atoms with Crippen LogP contribution in [-0.2, 0) is 17.8 Å². The lowest BCUT2D eigenvalue weighted by Gasteiger charge is -2.11. The largest absolute Gasteiger partial charge is 0.439 e. The molecule has 3 aromatic rings. The summed E-state index contributed by atoms with van der Waals surface area (Å²) in [5.41, 5.74) is 2.79. The molecule has 4 nitrogen and oxygen atoms in total. The van der Waals surface area contributed by atoms with E-state index in [1.54, 1.807) is 24.4 Å². The zero-order valence-corrected chi connectivity index (χ0v) is 14.4. The topological polar surface area (TPSA) is 51.2 Å². The number of amides is 1. The van der Waals surface area contributed by atoms with Crippen molar-refractivity contribution in [3.63, 3.8) is 0 Å². The number of halogens is 1. The summed E-state index contributed by atoms with van der Waals surface area (Å²) in [5, 5.41) is 2.88. The Labute approximate surface area is 151 Å². The molecule has 0 aliphatic rings. The highest BCUT2D eigenvalue weighted by Crippen LogP contribution is 2.23. The van der Waals surface area contributed by atoms with Crippen LogP contribution >= 0.6 is 0 Å².